The first-order valence-corrected chi connectivity index (χ1v) is 31.6. The third kappa shape index (κ3) is 51.9. The summed E-state index contributed by atoms with van der Waals surface area (Å²) in [5.41, 5.74) is 0. The summed E-state index contributed by atoms with van der Waals surface area (Å²) in [6.07, 6.45) is 41.3. The van der Waals surface area contributed by atoms with E-state index >= 15 is 0 Å². The molecule has 0 aromatic carbocycles. The Kier molecular flexibility index (Phi) is 49.5. The second-order valence-electron chi connectivity index (χ2n) is 19.4. The van der Waals surface area contributed by atoms with Gasteiger partial charge in [0, 0.05) is 19.3 Å². The minimum atomic E-state index is -4.90. The predicted molar refractivity (Wildman–Crippen MR) is 289 cm³/mol. The zero-order valence-corrected chi connectivity index (χ0v) is 47.6. The Bertz CT molecular complexity index is 1460. The number of unbranched alkanes of at least 4 members (excludes halogenated alkanes) is 28. The van der Waals surface area contributed by atoms with Crippen molar-refractivity contribution < 1.29 is 75.8 Å². The van der Waals surface area contributed by atoms with E-state index in [4.69, 9.17) is 32.3 Å². The highest BCUT2D eigenvalue weighted by atomic mass is 31.2. The van der Waals surface area contributed by atoms with Gasteiger partial charge in [-0.2, -0.15) is 0 Å². The van der Waals surface area contributed by atoms with Crippen molar-refractivity contribution >= 4 is 33.6 Å². The van der Waals surface area contributed by atoms with Crippen molar-refractivity contribution in [1.29, 1.82) is 0 Å². The number of esters is 3. The van der Waals surface area contributed by atoms with Crippen LogP contribution in [0.2, 0.25) is 0 Å². The van der Waals surface area contributed by atoms with Gasteiger partial charge in [-0.25, -0.2) is 9.13 Å². The summed E-state index contributed by atoms with van der Waals surface area (Å²) in [5, 5.41) is 20.4. The summed E-state index contributed by atoms with van der Waals surface area (Å²) < 4.78 is 60.4. The molecule has 0 bridgehead atoms. The molecule has 0 aliphatic carbocycles. The van der Waals surface area contributed by atoms with Crippen LogP contribution < -0.4 is 0 Å². The number of allylic oxidation sites excluding steroid dienone is 4. The van der Waals surface area contributed by atoms with Crippen LogP contribution in [-0.2, 0) is 55.8 Å². The molecule has 430 valence electrons. The van der Waals surface area contributed by atoms with Gasteiger partial charge in [0.2, 0.25) is 0 Å². The number of rotatable bonds is 55. The summed E-state index contributed by atoms with van der Waals surface area (Å²) in [7, 11) is -9.73. The number of aliphatic hydroxyl groups is 2. The Labute approximate surface area is 442 Å². The van der Waals surface area contributed by atoms with Crippen molar-refractivity contribution in [2.75, 3.05) is 39.6 Å². The number of hydrogen-bond acceptors (Lipinski definition) is 14. The van der Waals surface area contributed by atoms with Gasteiger partial charge in [0.05, 0.1) is 26.4 Å². The van der Waals surface area contributed by atoms with Gasteiger partial charge in [0.25, 0.3) is 0 Å². The number of ether oxygens (including phenoxy) is 3. The van der Waals surface area contributed by atoms with E-state index in [1.165, 1.54) is 96.3 Å². The fourth-order valence-corrected chi connectivity index (χ4v) is 9.23. The van der Waals surface area contributed by atoms with Crippen molar-refractivity contribution in [3.63, 3.8) is 0 Å². The lowest BCUT2D eigenvalue weighted by Crippen LogP contribution is -2.30. The Morgan fingerprint density at radius 3 is 1.04 bits per heavy atom. The molecule has 73 heavy (non-hydrogen) atoms. The lowest BCUT2D eigenvalue weighted by Gasteiger charge is -2.21. The first kappa shape index (κ1) is 71.0. The number of phosphoric ester groups is 2. The molecule has 0 saturated heterocycles. The smallest absolute Gasteiger partial charge is 0.463 e. The van der Waals surface area contributed by atoms with Crippen LogP contribution in [0.1, 0.15) is 252 Å². The Balaban J connectivity index is 4.61. The maximum Gasteiger partial charge on any atom is 0.472 e. The normalized spacial score (nSPS) is 14.8. The summed E-state index contributed by atoms with van der Waals surface area (Å²) in [5.74, 6) is -1.59. The Hall–Kier alpha value is -1.97. The molecule has 0 rings (SSSR count). The lowest BCUT2D eigenvalue weighted by atomic mass is 10.0. The number of hydrogen-bond donors (Lipinski definition) is 4. The molecule has 5 unspecified atom stereocenters. The molecule has 0 spiro atoms. The molecular formula is C55H104O16P2. The third-order valence-electron chi connectivity index (χ3n) is 12.1. The zero-order valence-electron chi connectivity index (χ0n) is 45.8. The van der Waals surface area contributed by atoms with Crippen LogP contribution in [-0.4, -0.2) is 95.9 Å². The van der Waals surface area contributed by atoms with Crippen LogP contribution in [0.15, 0.2) is 24.3 Å². The molecule has 5 atom stereocenters. The first-order valence-electron chi connectivity index (χ1n) is 28.6. The highest BCUT2D eigenvalue weighted by Crippen LogP contribution is 2.45. The van der Waals surface area contributed by atoms with E-state index in [2.05, 4.69) is 45.1 Å². The van der Waals surface area contributed by atoms with Crippen LogP contribution in [0.4, 0.5) is 0 Å². The van der Waals surface area contributed by atoms with Crippen molar-refractivity contribution in [3.05, 3.63) is 24.3 Å². The van der Waals surface area contributed by atoms with Gasteiger partial charge in [-0.05, 0) is 57.8 Å². The van der Waals surface area contributed by atoms with Crippen LogP contribution >= 0.6 is 15.6 Å². The second kappa shape index (κ2) is 50.8. The van der Waals surface area contributed by atoms with Crippen LogP contribution in [0.5, 0.6) is 0 Å². The van der Waals surface area contributed by atoms with Crippen molar-refractivity contribution in [2.24, 2.45) is 0 Å². The lowest BCUT2D eigenvalue weighted by molar-refractivity contribution is -0.161. The molecule has 16 nitrogen and oxygen atoms in total. The fourth-order valence-electron chi connectivity index (χ4n) is 7.65. The van der Waals surface area contributed by atoms with Gasteiger partial charge >= 0.3 is 33.6 Å². The molecule has 0 fully saturated rings. The first-order chi connectivity index (χ1) is 35.2. The summed E-state index contributed by atoms with van der Waals surface area (Å²) in [6.45, 7) is 2.56. The highest BCUT2D eigenvalue weighted by molar-refractivity contribution is 7.47. The molecule has 4 N–H and O–H groups in total. The standard InChI is InChI=1S/C55H104O16P2/c1-4-7-10-13-16-19-22-23-24-25-28-30-32-35-38-41-53(58)65-44-50(56)45-67-72(61,62)68-46-51(57)47-69-73(63,64)70-49-52(71-55(60)43-40-37-34-31-27-21-18-15-12-9-6-3)48-66-54(59)42-39-36-33-29-26-20-17-14-11-8-5-2/h14-15,17-18,50-52,56-57H,4-13,16,19-49H2,1-3H3,(H,61,62)(H,63,64)/b17-14-,18-15-. The maximum absolute atomic E-state index is 12.8. The van der Waals surface area contributed by atoms with Crippen LogP contribution in [0, 0.1) is 0 Å². The van der Waals surface area contributed by atoms with E-state index < -0.39 is 91.5 Å². The second-order valence-corrected chi connectivity index (χ2v) is 22.4. The Morgan fingerprint density at radius 1 is 0.370 bits per heavy atom. The summed E-state index contributed by atoms with van der Waals surface area (Å²) >= 11 is 0. The molecule has 0 aliphatic heterocycles. The Morgan fingerprint density at radius 2 is 0.658 bits per heavy atom. The minimum absolute atomic E-state index is 0.0971. The molecule has 0 aromatic rings. The van der Waals surface area contributed by atoms with Gasteiger partial charge < -0.3 is 34.2 Å². The molecule has 0 heterocycles. The van der Waals surface area contributed by atoms with Crippen molar-refractivity contribution in [2.45, 2.75) is 270 Å². The zero-order chi connectivity index (χ0) is 53.9. The third-order valence-corrected chi connectivity index (χ3v) is 14.1. The topological polar surface area (TPSA) is 231 Å². The molecular weight excluding hydrogens is 979 g/mol. The molecule has 0 amide bonds. The van der Waals surface area contributed by atoms with E-state index in [1.807, 2.05) is 0 Å². The molecule has 0 aromatic heterocycles. The molecule has 0 saturated carbocycles. The van der Waals surface area contributed by atoms with E-state index in [9.17, 15) is 43.5 Å². The van der Waals surface area contributed by atoms with Gasteiger partial charge in [-0.3, -0.25) is 32.5 Å². The molecule has 18 heteroatoms. The number of carbonyl (C=O) groups is 3. The van der Waals surface area contributed by atoms with E-state index in [1.54, 1.807) is 0 Å². The largest absolute Gasteiger partial charge is 0.472 e. The predicted octanol–water partition coefficient (Wildman–Crippen LogP) is 14.2. The minimum Gasteiger partial charge on any atom is -0.463 e. The monoisotopic (exact) mass is 1080 g/mol. The van der Waals surface area contributed by atoms with Crippen molar-refractivity contribution in [1.82, 2.24) is 0 Å². The quantitative estimate of drug-likeness (QED) is 0.0146. The number of aliphatic hydroxyl groups excluding tert-OH is 2. The van der Waals surface area contributed by atoms with Gasteiger partial charge in [-0.1, -0.05) is 199 Å². The molecule has 0 radical (unpaired) electrons. The highest BCUT2D eigenvalue weighted by Gasteiger charge is 2.29. The van der Waals surface area contributed by atoms with Crippen LogP contribution in [0.3, 0.4) is 0 Å². The number of carbonyl (C=O) groups excluding carboxylic acids is 3. The van der Waals surface area contributed by atoms with E-state index in [0.29, 0.717) is 19.3 Å². The maximum atomic E-state index is 12.8. The summed E-state index contributed by atoms with van der Waals surface area (Å²) in [4.78, 5) is 57.8. The average molecular weight is 1080 g/mol. The van der Waals surface area contributed by atoms with E-state index in [0.717, 1.165) is 96.3 Å². The van der Waals surface area contributed by atoms with E-state index in [-0.39, 0.29) is 19.3 Å². The fraction of sp³-hybridized carbons (Fsp3) is 0.873. The van der Waals surface area contributed by atoms with Gasteiger partial charge in [0.1, 0.15) is 25.4 Å². The summed E-state index contributed by atoms with van der Waals surface area (Å²) in [6, 6.07) is 0. The van der Waals surface area contributed by atoms with Crippen molar-refractivity contribution in [3.8, 4) is 0 Å². The SMILES string of the molecule is CCCC/C=C\CCCCCCCC(=O)OCC(COP(=O)(O)OCC(O)COP(=O)(O)OCC(O)COC(=O)CCCCCCCCCCCCCCCCC)OC(=O)CCCCCCC/C=C\CCCC. The number of phosphoric acid groups is 2. The average Bonchev–Trinajstić information content (AvgIpc) is 3.36. The molecule has 0 aliphatic rings. The van der Waals surface area contributed by atoms with Crippen LogP contribution in [0.25, 0.3) is 0 Å². The van der Waals surface area contributed by atoms with Gasteiger partial charge in [0.15, 0.2) is 6.10 Å². The van der Waals surface area contributed by atoms with Gasteiger partial charge in [-0.15, -0.1) is 0 Å².